The Bertz CT molecular complexity index is 271. The zero-order valence-electron chi connectivity index (χ0n) is 8.99. The van der Waals surface area contributed by atoms with Gasteiger partial charge in [0.2, 0.25) is 0 Å². The predicted octanol–water partition coefficient (Wildman–Crippen LogP) is 2.11. The molecule has 0 unspecified atom stereocenters. The summed E-state index contributed by atoms with van der Waals surface area (Å²) >= 11 is 0. The first-order chi connectivity index (χ1) is 6.72. The summed E-state index contributed by atoms with van der Waals surface area (Å²) in [6.45, 7) is 5.48. The van der Waals surface area contributed by atoms with Crippen molar-refractivity contribution < 1.29 is 4.74 Å². The van der Waals surface area contributed by atoms with E-state index in [0.717, 1.165) is 6.42 Å². The molecule has 0 fully saturated rings. The Hall–Kier alpha value is -0.860. The van der Waals surface area contributed by atoms with Gasteiger partial charge in [0.15, 0.2) is 0 Å². The van der Waals surface area contributed by atoms with E-state index < -0.39 is 0 Å². The van der Waals surface area contributed by atoms with Gasteiger partial charge in [-0.25, -0.2) is 0 Å². The zero-order valence-corrected chi connectivity index (χ0v) is 8.99. The van der Waals surface area contributed by atoms with E-state index >= 15 is 0 Å². The fourth-order valence-electron chi connectivity index (χ4n) is 1.30. The largest absolute Gasteiger partial charge is 0.374 e. The van der Waals surface area contributed by atoms with Crippen LogP contribution in [-0.4, -0.2) is 12.6 Å². The van der Waals surface area contributed by atoms with Gasteiger partial charge in [-0.3, -0.25) is 0 Å². The van der Waals surface area contributed by atoms with Crippen LogP contribution < -0.4 is 5.73 Å². The van der Waals surface area contributed by atoms with Gasteiger partial charge in [-0.05, 0) is 37.9 Å². The molecule has 0 saturated heterocycles. The third-order valence-corrected chi connectivity index (χ3v) is 2.01. The fraction of sp³-hybridized carbons (Fsp3) is 0.500. The average Bonchev–Trinajstić information content (AvgIpc) is 2.16. The van der Waals surface area contributed by atoms with Crippen LogP contribution in [0.5, 0.6) is 0 Å². The number of rotatable bonds is 5. The van der Waals surface area contributed by atoms with Gasteiger partial charge in [0, 0.05) is 0 Å². The summed E-state index contributed by atoms with van der Waals surface area (Å²) in [4.78, 5) is 0. The summed E-state index contributed by atoms with van der Waals surface area (Å²) in [5.74, 6) is 0. The Labute approximate surface area is 86.1 Å². The maximum absolute atomic E-state index is 5.53. The molecule has 0 aliphatic heterocycles. The molecule has 1 rings (SSSR count). The van der Waals surface area contributed by atoms with E-state index in [1.807, 2.05) is 13.8 Å². The monoisotopic (exact) mass is 193 g/mol. The zero-order chi connectivity index (χ0) is 10.4. The summed E-state index contributed by atoms with van der Waals surface area (Å²) in [7, 11) is 0. The highest BCUT2D eigenvalue weighted by Crippen LogP contribution is 2.08. The Morgan fingerprint density at radius 3 is 2.64 bits per heavy atom. The average molecular weight is 193 g/mol. The Morgan fingerprint density at radius 1 is 1.29 bits per heavy atom. The van der Waals surface area contributed by atoms with Gasteiger partial charge >= 0.3 is 0 Å². The number of hydrogen-bond donors (Lipinski definition) is 1. The van der Waals surface area contributed by atoms with Crippen molar-refractivity contribution in [2.75, 3.05) is 6.54 Å². The highest BCUT2D eigenvalue weighted by atomic mass is 16.5. The lowest BCUT2D eigenvalue weighted by atomic mass is 10.1. The van der Waals surface area contributed by atoms with E-state index in [2.05, 4.69) is 24.3 Å². The highest BCUT2D eigenvalue weighted by molar-refractivity contribution is 5.23. The molecule has 0 radical (unpaired) electrons. The molecule has 0 aromatic heterocycles. The van der Waals surface area contributed by atoms with Crippen molar-refractivity contribution in [3.05, 3.63) is 35.4 Å². The molecule has 1 aromatic rings. The minimum absolute atomic E-state index is 0.285. The maximum Gasteiger partial charge on any atom is 0.0720 e. The van der Waals surface area contributed by atoms with Crippen LogP contribution in [0.1, 0.15) is 25.0 Å². The van der Waals surface area contributed by atoms with Gasteiger partial charge in [0.1, 0.15) is 0 Å². The van der Waals surface area contributed by atoms with Gasteiger partial charge < -0.3 is 10.5 Å². The second-order valence-corrected chi connectivity index (χ2v) is 3.72. The first-order valence-corrected chi connectivity index (χ1v) is 5.12. The standard InChI is InChI=1S/C12H19NO/c1-10(2)14-9-12-5-3-4-11(8-12)6-7-13/h3-5,8,10H,6-7,9,13H2,1-2H3. The fourth-order valence-corrected chi connectivity index (χ4v) is 1.30. The van der Waals surface area contributed by atoms with Gasteiger partial charge in [-0.15, -0.1) is 0 Å². The van der Waals surface area contributed by atoms with Crippen LogP contribution in [0, 0.1) is 0 Å². The van der Waals surface area contributed by atoms with Crippen molar-refractivity contribution in [2.24, 2.45) is 5.73 Å². The molecule has 14 heavy (non-hydrogen) atoms. The van der Waals surface area contributed by atoms with Gasteiger partial charge in [0.05, 0.1) is 12.7 Å². The van der Waals surface area contributed by atoms with Crippen LogP contribution in [0.2, 0.25) is 0 Å². The maximum atomic E-state index is 5.53. The van der Waals surface area contributed by atoms with Crippen molar-refractivity contribution in [3.63, 3.8) is 0 Å². The lowest BCUT2D eigenvalue weighted by Gasteiger charge is -2.08. The molecule has 0 atom stereocenters. The summed E-state index contributed by atoms with van der Waals surface area (Å²) in [6.07, 6.45) is 1.23. The molecule has 1 aromatic carbocycles. The third kappa shape index (κ3) is 3.90. The van der Waals surface area contributed by atoms with Gasteiger partial charge in [-0.1, -0.05) is 24.3 Å². The van der Waals surface area contributed by atoms with Crippen LogP contribution in [0.25, 0.3) is 0 Å². The lowest BCUT2D eigenvalue weighted by molar-refractivity contribution is 0.0657. The summed E-state index contributed by atoms with van der Waals surface area (Å²) in [6, 6.07) is 8.41. The molecule has 0 amide bonds. The van der Waals surface area contributed by atoms with E-state index in [1.54, 1.807) is 0 Å². The SMILES string of the molecule is CC(C)OCc1cccc(CCN)c1. The second kappa shape index (κ2) is 5.78. The van der Waals surface area contributed by atoms with E-state index in [4.69, 9.17) is 10.5 Å². The molecule has 0 spiro atoms. The molecule has 2 N–H and O–H groups in total. The number of benzene rings is 1. The summed E-state index contributed by atoms with van der Waals surface area (Å²) < 4.78 is 5.53. The van der Waals surface area contributed by atoms with Crippen molar-refractivity contribution in [2.45, 2.75) is 33.0 Å². The first-order valence-electron chi connectivity index (χ1n) is 5.12. The summed E-state index contributed by atoms with van der Waals surface area (Å²) in [5, 5.41) is 0. The predicted molar refractivity (Wildman–Crippen MR) is 59.1 cm³/mol. The summed E-state index contributed by atoms with van der Waals surface area (Å²) in [5.41, 5.74) is 8.02. The minimum Gasteiger partial charge on any atom is -0.374 e. The van der Waals surface area contributed by atoms with Crippen LogP contribution >= 0.6 is 0 Å². The number of nitrogens with two attached hydrogens (primary N) is 1. The third-order valence-electron chi connectivity index (χ3n) is 2.01. The minimum atomic E-state index is 0.285. The van der Waals surface area contributed by atoms with Crippen LogP contribution in [0.15, 0.2) is 24.3 Å². The normalized spacial score (nSPS) is 10.9. The molecule has 78 valence electrons. The molecule has 0 heterocycles. The van der Waals surface area contributed by atoms with Crippen LogP contribution in [0.4, 0.5) is 0 Å². The van der Waals surface area contributed by atoms with Gasteiger partial charge in [-0.2, -0.15) is 0 Å². The Kier molecular flexibility index (Phi) is 4.63. The highest BCUT2D eigenvalue weighted by Gasteiger charge is 1.97. The molecular weight excluding hydrogens is 174 g/mol. The van der Waals surface area contributed by atoms with Crippen molar-refractivity contribution in [1.82, 2.24) is 0 Å². The second-order valence-electron chi connectivity index (χ2n) is 3.72. The Balaban J connectivity index is 2.54. The number of hydrogen-bond acceptors (Lipinski definition) is 2. The van der Waals surface area contributed by atoms with Crippen molar-refractivity contribution in [1.29, 1.82) is 0 Å². The quantitative estimate of drug-likeness (QED) is 0.777. The smallest absolute Gasteiger partial charge is 0.0720 e. The first kappa shape index (κ1) is 11.2. The molecule has 0 bridgehead atoms. The number of ether oxygens (including phenoxy) is 1. The van der Waals surface area contributed by atoms with Crippen LogP contribution in [-0.2, 0) is 17.8 Å². The molecule has 2 nitrogen and oxygen atoms in total. The van der Waals surface area contributed by atoms with E-state index in [0.29, 0.717) is 13.2 Å². The molecule has 0 saturated carbocycles. The molecule has 0 aliphatic carbocycles. The Morgan fingerprint density at radius 2 is 2.00 bits per heavy atom. The van der Waals surface area contributed by atoms with Crippen molar-refractivity contribution >= 4 is 0 Å². The molecular formula is C12H19NO. The molecule has 0 aliphatic rings. The van der Waals surface area contributed by atoms with Crippen LogP contribution in [0.3, 0.4) is 0 Å². The van der Waals surface area contributed by atoms with Gasteiger partial charge in [0.25, 0.3) is 0 Å². The van der Waals surface area contributed by atoms with E-state index in [1.165, 1.54) is 11.1 Å². The lowest BCUT2D eigenvalue weighted by Crippen LogP contribution is -2.05. The van der Waals surface area contributed by atoms with E-state index in [-0.39, 0.29) is 6.10 Å². The van der Waals surface area contributed by atoms with Crippen molar-refractivity contribution in [3.8, 4) is 0 Å². The topological polar surface area (TPSA) is 35.2 Å². The molecule has 2 heteroatoms. The van der Waals surface area contributed by atoms with E-state index in [9.17, 15) is 0 Å².